The molecular formula is C97H63N9. The van der Waals surface area contributed by atoms with E-state index < -0.39 is 0 Å². The Morgan fingerprint density at radius 3 is 0.811 bits per heavy atom. The van der Waals surface area contributed by atoms with Crippen molar-refractivity contribution in [1.82, 2.24) is 44.0 Å². The van der Waals surface area contributed by atoms with E-state index in [1.54, 1.807) is 0 Å². The maximum atomic E-state index is 5.24. The van der Waals surface area contributed by atoms with Crippen LogP contribution in [0.1, 0.15) is 0 Å². The Kier molecular flexibility index (Phi) is 16.0. The van der Waals surface area contributed by atoms with Gasteiger partial charge in [-0.15, -0.1) is 0 Å². The van der Waals surface area contributed by atoms with Crippen LogP contribution in [0, 0.1) is 0 Å². The van der Waals surface area contributed by atoms with Crippen LogP contribution in [-0.4, -0.2) is 44.0 Å². The highest BCUT2D eigenvalue weighted by molar-refractivity contribution is 6.24. The number of rotatable bonds is 12. The van der Waals surface area contributed by atoms with E-state index in [4.69, 9.17) is 34.9 Å². The first kappa shape index (κ1) is 62.6. The highest BCUT2D eigenvalue weighted by Gasteiger charge is 2.24. The van der Waals surface area contributed by atoms with Crippen LogP contribution in [0.15, 0.2) is 382 Å². The third-order valence-corrected chi connectivity index (χ3v) is 19.9. The fourth-order valence-electron chi connectivity index (χ4n) is 14.8. The molecule has 14 aromatic carbocycles. The van der Waals surface area contributed by atoms with Gasteiger partial charge >= 0.3 is 0 Å². The van der Waals surface area contributed by atoms with Crippen LogP contribution in [0.25, 0.3) is 190 Å². The Bertz CT molecular complexity index is 6200. The van der Waals surface area contributed by atoms with Crippen LogP contribution >= 0.6 is 0 Å². The molecule has 0 amide bonds. The Hall–Kier alpha value is -14.4. The molecule has 0 spiro atoms. The molecule has 6 heterocycles. The fourth-order valence-corrected chi connectivity index (χ4v) is 14.8. The van der Waals surface area contributed by atoms with Gasteiger partial charge in [-0.25, -0.2) is 34.9 Å². The third-order valence-electron chi connectivity index (χ3n) is 19.9. The number of para-hydroxylation sites is 4. The standard InChI is InChI=1S/C49H32N4.C48H31N5/c1-4-14-33(15-5-1)34-24-26-35(27-25-34)43-32-44(52-49(51-43)38-18-8-3-9-19-38)36-28-30-39(31-29-36)53-45-23-13-11-21-41(45)46-47(37-16-6-2-7-17-37)50-42-22-12-10-20-40(42)48(46)53;1-4-14-32(15-5-1)33-24-26-36(27-25-33)47-50-46(35-18-8-3-9-19-35)51-48(52-47)37-28-30-38(31-29-37)53-42-23-13-11-21-40(42)43-44(34-16-6-2-7-17-34)49-41-22-12-10-20-39(41)45(43)53/h1-32H;1-31H. The van der Waals surface area contributed by atoms with E-state index in [9.17, 15) is 0 Å². The number of benzene rings is 14. The highest BCUT2D eigenvalue weighted by Crippen LogP contribution is 2.44. The quantitative estimate of drug-likeness (QED) is 0.120. The molecule has 0 unspecified atom stereocenters. The average molecular weight is 1350 g/mol. The Morgan fingerprint density at radius 1 is 0.179 bits per heavy atom. The summed E-state index contributed by atoms with van der Waals surface area (Å²) in [6, 6.07) is 133. The Morgan fingerprint density at radius 2 is 0.434 bits per heavy atom. The fraction of sp³-hybridized carbons (Fsp3) is 0. The van der Waals surface area contributed by atoms with Crippen molar-refractivity contribution in [2.45, 2.75) is 0 Å². The molecule has 106 heavy (non-hydrogen) atoms. The van der Waals surface area contributed by atoms with Crippen LogP contribution in [0.5, 0.6) is 0 Å². The molecule has 6 aromatic heterocycles. The van der Waals surface area contributed by atoms with Gasteiger partial charge in [0.25, 0.3) is 0 Å². The lowest BCUT2D eigenvalue weighted by Crippen LogP contribution is -2.01. The van der Waals surface area contributed by atoms with Crippen LogP contribution in [-0.2, 0) is 0 Å². The molecule has 0 aliphatic heterocycles. The second-order valence-corrected chi connectivity index (χ2v) is 26.3. The van der Waals surface area contributed by atoms with Gasteiger partial charge in [0.2, 0.25) is 0 Å². The summed E-state index contributed by atoms with van der Waals surface area (Å²) < 4.78 is 4.76. The molecule has 9 heteroatoms. The molecule has 0 atom stereocenters. The van der Waals surface area contributed by atoms with E-state index in [0.717, 1.165) is 144 Å². The van der Waals surface area contributed by atoms with Gasteiger partial charge in [-0.2, -0.15) is 0 Å². The van der Waals surface area contributed by atoms with Crippen molar-refractivity contribution in [2.24, 2.45) is 0 Å². The predicted octanol–water partition coefficient (Wildman–Crippen LogP) is 24.3. The maximum Gasteiger partial charge on any atom is 0.164 e. The predicted molar refractivity (Wildman–Crippen MR) is 435 cm³/mol. The smallest absolute Gasteiger partial charge is 0.164 e. The second kappa shape index (κ2) is 27.2. The first-order valence-electron chi connectivity index (χ1n) is 35.6. The van der Waals surface area contributed by atoms with Crippen molar-refractivity contribution < 1.29 is 0 Å². The number of hydrogen-bond donors (Lipinski definition) is 0. The zero-order valence-corrected chi connectivity index (χ0v) is 57.4. The van der Waals surface area contributed by atoms with Crippen molar-refractivity contribution >= 4 is 65.4 Å². The van der Waals surface area contributed by atoms with Gasteiger partial charge in [-0.1, -0.05) is 315 Å². The van der Waals surface area contributed by atoms with Crippen LogP contribution in [0.3, 0.4) is 0 Å². The number of hydrogen-bond acceptors (Lipinski definition) is 7. The van der Waals surface area contributed by atoms with E-state index in [1.165, 1.54) is 22.1 Å². The summed E-state index contributed by atoms with van der Waals surface area (Å²) in [5, 5.41) is 6.86. The van der Waals surface area contributed by atoms with Gasteiger partial charge in [0.1, 0.15) is 0 Å². The van der Waals surface area contributed by atoms with Gasteiger partial charge in [0.15, 0.2) is 23.3 Å². The SMILES string of the molecule is c1ccc(-c2ccc(-c3cc(-c4ccc(-n5c6ccccc6c6c(-c7ccccc7)nc7ccccc7c65)cc4)nc(-c4ccccc4)n3)cc2)cc1.c1ccc(-c2ccc(-c3nc(-c4ccccc4)nc(-c4ccc(-n5c6ccccc6c6c(-c7ccccc7)nc7ccccc7c65)cc4)n3)cc2)cc1. The molecule has 0 saturated heterocycles. The van der Waals surface area contributed by atoms with Gasteiger partial charge in [-0.05, 0) is 89.0 Å². The second-order valence-electron chi connectivity index (χ2n) is 26.3. The van der Waals surface area contributed by atoms with E-state index in [0.29, 0.717) is 23.3 Å². The molecule has 0 aliphatic rings. The average Bonchev–Trinajstić information content (AvgIpc) is 1.57. The Labute approximate surface area is 612 Å². The maximum absolute atomic E-state index is 5.24. The van der Waals surface area contributed by atoms with E-state index in [-0.39, 0.29) is 0 Å². The molecule has 496 valence electrons. The zero-order valence-electron chi connectivity index (χ0n) is 57.4. The normalized spacial score (nSPS) is 11.4. The van der Waals surface area contributed by atoms with Gasteiger partial charge in [0.05, 0.1) is 55.9 Å². The van der Waals surface area contributed by atoms with E-state index in [2.05, 4.69) is 325 Å². The minimum Gasteiger partial charge on any atom is -0.308 e. The first-order valence-corrected chi connectivity index (χ1v) is 35.6. The molecular weight excluding hydrogens is 1290 g/mol. The summed E-state index contributed by atoms with van der Waals surface area (Å²) in [6.45, 7) is 0. The van der Waals surface area contributed by atoms with Gasteiger partial charge in [0, 0.05) is 88.2 Å². The zero-order chi connectivity index (χ0) is 70.3. The van der Waals surface area contributed by atoms with Crippen molar-refractivity contribution in [1.29, 1.82) is 0 Å². The summed E-state index contributed by atoms with van der Waals surface area (Å²) in [5.41, 5.74) is 25.0. The molecule has 0 N–H and O–H groups in total. The molecule has 0 fully saturated rings. The topological polar surface area (TPSA) is 100 Å². The molecule has 0 radical (unpaired) electrons. The van der Waals surface area contributed by atoms with Crippen molar-refractivity contribution in [3.63, 3.8) is 0 Å². The third kappa shape index (κ3) is 11.7. The van der Waals surface area contributed by atoms with Crippen molar-refractivity contribution in [3.8, 4) is 124 Å². The molecule has 0 bridgehead atoms. The number of aromatic nitrogens is 9. The lowest BCUT2D eigenvalue weighted by molar-refractivity contribution is 1.07. The van der Waals surface area contributed by atoms with Crippen LogP contribution in [0.4, 0.5) is 0 Å². The van der Waals surface area contributed by atoms with Gasteiger partial charge < -0.3 is 9.13 Å². The Balaban J connectivity index is 0.000000145. The number of nitrogens with zero attached hydrogens (tertiary/aromatic N) is 9. The summed E-state index contributed by atoms with van der Waals surface area (Å²) in [6.07, 6.45) is 0. The minimum atomic E-state index is 0.621. The molecule has 0 saturated carbocycles. The van der Waals surface area contributed by atoms with Crippen LogP contribution < -0.4 is 0 Å². The summed E-state index contributed by atoms with van der Waals surface area (Å²) in [7, 11) is 0. The molecule has 20 aromatic rings. The minimum absolute atomic E-state index is 0.621. The van der Waals surface area contributed by atoms with E-state index >= 15 is 0 Å². The number of fused-ring (bicyclic) bond motifs is 10. The lowest BCUT2D eigenvalue weighted by Gasteiger charge is -2.13. The van der Waals surface area contributed by atoms with Gasteiger partial charge in [-0.3, -0.25) is 0 Å². The molecule has 20 rings (SSSR count). The van der Waals surface area contributed by atoms with Crippen molar-refractivity contribution in [3.05, 3.63) is 382 Å². The molecule has 0 aliphatic carbocycles. The lowest BCUT2D eigenvalue weighted by atomic mass is 10.0. The summed E-state index contributed by atoms with van der Waals surface area (Å²) >= 11 is 0. The number of pyridine rings is 2. The van der Waals surface area contributed by atoms with Crippen LogP contribution in [0.2, 0.25) is 0 Å². The largest absolute Gasteiger partial charge is 0.308 e. The van der Waals surface area contributed by atoms with E-state index in [1.807, 2.05) is 66.7 Å². The summed E-state index contributed by atoms with van der Waals surface area (Å²) in [5.74, 6) is 2.59. The first-order chi connectivity index (χ1) is 52.6. The molecule has 9 nitrogen and oxygen atoms in total. The highest BCUT2D eigenvalue weighted by atomic mass is 15.0. The monoisotopic (exact) mass is 1350 g/mol. The van der Waals surface area contributed by atoms with Crippen molar-refractivity contribution in [2.75, 3.05) is 0 Å². The summed E-state index contributed by atoms with van der Waals surface area (Å²) in [4.78, 5) is 35.7.